The molecule has 1 N–H and O–H groups in total. The van der Waals surface area contributed by atoms with Gasteiger partial charge in [0.25, 0.3) is 0 Å². The first kappa shape index (κ1) is 9.83. The Bertz CT molecular complexity index is 390. The van der Waals surface area contributed by atoms with E-state index in [0.29, 0.717) is 6.42 Å². The topological polar surface area (TPSA) is 41.6 Å². The molecule has 0 saturated carbocycles. The van der Waals surface area contributed by atoms with Gasteiger partial charge in [-0.05, 0) is 12.1 Å². The Morgan fingerprint density at radius 1 is 1.47 bits per heavy atom. The number of carbonyl (C=O) groups excluding carboxylic acids is 1. The van der Waals surface area contributed by atoms with Crippen molar-refractivity contribution in [3.63, 3.8) is 0 Å². The van der Waals surface area contributed by atoms with Gasteiger partial charge in [0.2, 0.25) is 5.91 Å². The molecule has 80 valence electrons. The number of fused-ring (bicyclic) bond motifs is 1. The molecule has 4 nitrogen and oxygen atoms in total. The Morgan fingerprint density at radius 2 is 2.27 bits per heavy atom. The second-order valence-electron chi connectivity index (χ2n) is 3.60. The molecule has 0 radical (unpaired) electrons. The lowest BCUT2D eigenvalue weighted by molar-refractivity contribution is -0.115. The van der Waals surface area contributed by atoms with Crippen molar-refractivity contribution >= 4 is 17.3 Å². The Balaban J connectivity index is 2.43. The largest absolute Gasteiger partial charge is 0.497 e. The molecule has 0 bridgehead atoms. The van der Waals surface area contributed by atoms with Crippen molar-refractivity contribution in [1.29, 1.82) is 0 Å². The molecule has 0 atom stereocenters. The predicted molar refractivity (Wildman–Crippen MR) is 59.5 cm³/mol. The number of nitrogens with one attached hydrogen (secondary N) is 1. The van der Waals surface area contributed by atoms with Crippen LogP contribution in [-0.2, 0) is 4.79 Å². The molecule has 2 rings (SSSR count). The lowest BCUT2D eigenvalue weighted by Gasteiger charge is -2.18. The molecular weight excluding hydrogens is 192 g/mol. The van der Waals surface area contributed by atoms with Crippen LogP contribution in [0.15, 0.2) is 18.2 Å². The van der Waals surface area contributed by atoms with Crippen LogP contribution in [0, 0.1) is 0 Å². The summed E-state index contributed by atoms with van der Waals surface area (Å²) in [6.45, 7) is 0.728. The van der Waals surface area contributed by atoms with E-state index < -0.39 is 0 Å². The van der Waals surface area contributed by atoms with Gasteiger partial charge in [-0.2, -0.15) is 0 Å². The van der Waals surface area contributed by atoms with Crippen molar-refractivity contribution in [2.45, 2.75) is 6.42 Å². The van der Waals surface area contributed by atoms with Gasteiger partial charge in [-0.3, -0.25) is 4.79 Å². The van der Waals surface area contributed by atoms with Gasteiger partial charge >= 0.3 is 0 Å². The van der Waals surface area contributed by atoms with E-state index in [2.05, 4.69) is 10.2 Å². The fourth-order valence-electron chi connectivity index (χ4n) is 1.66. The van der Waals surface area contributed by atoms with E-state index >= 15 is 0 Å². The summed E-state index contributed by atoms with van der Waals surface area (Å²) in [5.41, 5.74) is 1.85. The highest BCUT2D eigenvalue weighted by Crippen LogP contribution is 2.31. The van der Waals surface area contributed by atoms with E-state index in [1.165, 1.54) is 0 Å². The van der Waals surface area contributed by atoms with Crippen molar-refractivity contribution < 1.29 is 9.53 Å². The van der Waals surface area contributed by atoms with Crippen molar-refractivity contribution in [2.24, 2.45) is 0 Å². The number of nitrogens with zero attached hydrogens (tertiary/aromatic N) is 1. The first-order valence-corrected chi connectivity index (χ1v) is 4.90. The van der Waals surface area contributed by atoms with E-state index in [9.17, 15) is 4.79 Å². The molecule has 0 aromatic heterocycles. The summed E-state index contributed by atoms with van der Waals surface area (Å²) in [7, 11) is 3.61. The summed E-state index contributed by atoms with van der Waals surface area (Å²) in [4.78, 5) is 13.4. The number of hydrogen-bond donors (Lipinski definition) is 1. The molecule has 0 saturated heterocycles. The van der Waals surface area contributed by atoms with E-state index in [1.54, 1.807) is 7.11 Å². The Morgan fingerprint density at radius 3 is 3.00 bits per heavy atom. The van der Waals surface area contributed by atoms with E-state index in [1.807, 2.05) is 25.2 Å². The number of ether oxygens (including phenoxy) is 1. The van der Waals surface area contributed by atoms with Crippen LogP contribution in [0.1, 0.15) is 6.42 Å². The van der Waals surface area contributed by atoms with Crippen LogP contribution in [0.4, 0.5) is 11.4 Å². The lowest BCUT2D eigenvalue weighted by Crippen LogP contribution is -2.18. The van der Waals surface area contributed by atoms with Gasteiger partial charge in [-0.1, -0.05) is 0 Å². The minimum atomic E-state index is 0.0609. The standard InChI is InChI=1S/C11H14N2O2/c1-13-6-5-11(14)12-9-4-3-8(15-2)7-10(9)13/h3-4,7H,5-6H2,1-2H3,(H,12,14). The van der Waals surface area contributed by atoms with Crippen LogP contribution in [0.3, 0.4) is 0 Å². The van der Waals surface area contributed by atoms with Crippen molar-refractivity contribution in [3.8, 4) is 5.75 Å². The van der Waals surface area contributed by atoms with Crippen LogP contribution in [0.25, 0.3) is 0 Å². The summed E-state index contributed by atoms with van der Waals surface area (Å²) in [5, 5.41) is 2.87. The molecule has 1 aromatic carbocycles. The van der Waals surface area contributed by atoms with Crippen LogP contribution in [0.2, 0.25) is 0 Å². The molecule has 1 heterocycles. The molecule has 1 aliphatic rings. The van der Waals surface area contributed by atoms with Crippen LogP contribution in [-0.4, -0.2) is 26.6 Å². The van der Waals surface area contributed by atoms with Gasteiger partial charge in [-0.15, -0.1) is 0 Å². The SMILES string of the molecule is COc1ccc2c(c1)N(C)CCC(=O)N2. The number of methoxy groups -OCH3 is 1. The fourth-order valence-corrected chi connectivity index (χ4v) is 1.66. The Labute approximate surface area is 88.8 Å². The summed E-state index contributed by atoms with van der Waals surface area (Å²) < 4.78 is 5.16. The highest BCUT2D eigenvalue weighted by atomic mass is 16.5. The molecule has 0 fully saturated rings. The zero-order valence-corrected chi connectivity index (χ0v) is 8.91. The van der Waals surface area contributed by atoms with Gasteiger partial charge < -0.3 is 15.0 Å². The highest BCUT2D eigenvalue weighted by Gasteiger charge is 2.16. The molecule has 0 aliphatic carbocycles. The maximum absolute atomic E-state index is 11.4. The van der Waals surface area contributed by atoms with Gasteiger partial charge in [-0.25, -0.2) is 0 Å². The minimum absolute atomic E-state index is 0.0609. The van der Waals surface area contributed by atoms with E-state index in [-0.39, 0.29) is 5.91 Å². The normalized spacial score (nSPS) is 15.3. The number of benzene rings is 1. The quantitative estimate of drug-likeness (QED) is 0.756. The number of rotatable bonds is 1. The van der Waals surface area contributed by atoms with Gasteiger partial charge in [0.1, 0.15) is 5.75 Å². The Kier molecular flexibility index (Phi) is 2.49. The first-order chi connectivity index (χ1) is 7.20. The maximum atomic E-state index is 11.4. The summed E-state index contributed by atoms with van der Waals surface area (Å²) >= 11 is 0. The number of anilines is 2. The summed E-state index contributed by atoms with van der Waals surface area (Å²) in [6, 6.07) is 5.65. The smallest absolute Gasteiger partial charge is 0.226 e. The third-order valence-corrected chi connectivity index (χ3v) is 2.56. The average Bonchev–Trinajstić information content (AvgIpc) is 2.39. The highest BCUT2D eigenvalue weighted by molar-refractivity contribution is 5.96. The molecule has 0 spiro atoms. The number of carbonyl (C=O) groups is 1. The molecule has 15 heavy (non-hydrogen) atoms. The van der Waals surface area contributed by atoms with Crippen molar-refractivity contribution in [3.05, 3.63) is 18.2 Å². The monoisotopic (exact) mass is 206 g/mol. The zero-order chi connectivity index (χ0) is 10.8. The number of hydrogen-bond acceptors (Lipinski definition) is 3. The molecular formula is C11H14N2O2. The van der Waals surface area contributed by atoms with Crippen LogP contribution in [0.5, 0.6) is 5.75 Å². The minimum Gasteiger partial charge on any atom is -0.497 e. The average molecular weight is 206 g/mol. The Hall–Kier alpha value is -1.71. The van der Waals surface area contributed by atoms with Crippen molar-refractivity contribution in [2.75, 3.05) is 30.9 Å². The predicted octanol–water partition coefficient (Wildman–Crippen LogP) is 1.47. The molecule has 0 unspecified atom stereocenters. The number of amides is 1. The first-order valence-electron chi connectivity index (χ1n) is 4.90. The van der Waals surface area contributed by atoms with E-state index in [4.69, 9.17) is 4.74 Å². The third kappa shape index (κ3) is 1.88. The molecule has 4 heteroatoms. The maximum Gasteiger partial charge on any atom is 0.226 e. The summed E-state index contributed by atoms with van der Waals surface area (Å²) in [5.74, 6) is 0.863. The van der Waals surface area contributed by atoms with E-state index in [0.717, 1.165) is 23.7 Å². The molecule has 1 aromatic rings. The van der Waals surface area contributed by atoms with Crippen LogP contribution < -0.4 is 15.0 Å². The fraction of sp³-hybridized carbons (Fsp3) is 0.364. The van der Waals surface area contributed by atoms with Crippen LogP contribution >= 0.6 is 0 Å². The lowest BCUT2D eigenvalue weighted by atomic mass is 10.2. The molecule has 1 aliphatic heterocycles. The summed E-state index contributed by atoms with van der Waals surface area (Å²) in [6.07, 6.45) is 0.521. The zero-order valence-electron chi connectivity index (χ0n) is 8.91. The second kappa shape index (κ2) is 3.81. The second-order valence-corrected chi connectivity index (χ2v) is 3.60. The van der Waals surface area contributed by atoms with Gasteiger partial charge in [0.15, 0.2) is 0 Å². The van der Waals surface area contributed by atoms with Gasteiger partial charge in [0.05, 0.1) is 18.5 Å². The van der Waals surface area contributed by atoms with Gasteiger partial charge in [0, 0.05) is 26.1 Å². The molecule has 1 amide bonds. The third-order valence-electron chi connectivity index (χ3n) is 2.56. The van der Waals surface area contributed by atoms with Crippen molar-refractivity contribution in [1.82, 2.24) is 0 Å².